The second-order valence-corrected chi connectivity index (χ2v) is 7.80. The van der Waals surface area contributed by atoms with Gasteiger partial charge >= 0.3 is 0 Å². The Morgan fingerprint density at radius 3 is 2.88 bits per heavy atom. The molecule has 1 amide bonds. The predicted octanol–water partition coefficient (Wildman–Crippen LogP) is 1.76. The van der Waals surface area contributed by atoms with Gasteiger partial charge in [0.15, 0.2) is 15.7 Å². The molecule has 25 heavy (non-hydrogen) atoms. The van der Waals surface area contributed by atoms with Crippen LogP contribution < -0.4 is 5.32 Å². The number of hydrogen-bond acceptors (Lipinski definition) is 6. The van der Waals surface area contributed by atoms with Crippen molar-refractivity contribution in [2.45, 2.75) is 26.2 Å². The van der Waals surface area contributed by atoms with Crippen LogP contribution in [0.3, 0.4) is 0 Å². The number of carbonyl (C=O) groups excluding carboxylic acids is 1. The van der Waals surface area contributed by atoms with Gasteiger partial charge in [0.25, 0.3) is 5.91 Å². The summed E-state index contributed by atoms with van der Waals surface area (Å²) in [5.41, 5.74) is 0.968. The lowest BCUT2D eigenvalue weighted by atomic mass is 10.1. The van der Waals surface area contributed by atoms with E-state index in [0.29, 0.717) is 53.6 Å². The van der Waals surface area contributed by atoms with Crippen LogP contribution in [-0.4, -0.2) is 36.8 Å². The largest absolute Gasteiger partial charge is 0.352 e. The van der Waals surface area contributed by atoms with E-state index < -0.39 is 9.84 Å². The molecule has 0 saturated heterocycles. The summed E-state index contributed by atoms with van der Waals surface area (Å²) >= 11 is 0. The van der Waals surface area contributed by atoms with Gasteiger partial charge in [0, 0.05) is 24.9 Å². The zero-order valence-corrected chi connectivity index (χ0v) is 14.7. The molecule has 1 aromatic carbocycles. The first-order valence-electron chi connectivity index (χ1n) is 8.12. The highest BCUT2D eigenvalue weighted by atomic mass is 32.2. The number of sulfone groups is 1. The molecular formula is C17H19N3O4S. The Morgan fingerprint density at radius 1 is 1.36 bits per heavy atom. The van der Waals surface area contributed by atoms with Gasteiger partial charge in [0.2, 0.25) is 5.89 Å². The van der Waals surface area contributed by atoms with Gasteiger partial charge < -0.3 is 9.84 Å². The summed E-state index contributed by atoms with van der Waals surface area (Å²) in [6.45, 7) is 2.29. The molecular weight excluding hydrogens is 342 g/mol. The number of aryl methyl sites for hydroxylation is 1. The van der Waals surface area contributed by atoms with Gasteiger partial charge in [-0.1, -0.05) is 30.3 Å². The van der Waals surface area contributed by atoms with Crippen LogP contribution in [0.2, 0.25) is 0 Å². The van der Waals surface area contributed by atoms with Crippen molar-refractivity contribution in [3.05, 3.63) is 53.2 Å². The Labute approximate surface area is 146 Å². The van der Waals surface area contributed by atoms with Crippen LogP contribution in [0.25, 0.3) is 4.91 Å². The number of nitrogens with one attached hydrogen (secondary N) is 1. The van der Waals surface area contributed by atoms with E-state index in [9.17, 15) is 13.2 Å². The summed E-state index contributed by atoms with van der Waals surface area (Å²) in [6.07, 6.45) is 3.35. The molecule has 0 aliphatic carbocycles. The quantitative estimate of drug-likeness (QED) is 0.841. The Kier molecular flexibility index (Phi) is 4.98. The number of rotatable bonds is 6. The number of amides is 1. The number of benzene rings is 1. The second-order valence-electron chi connectivity index (χ2n) is 5.72. The first-order valence-corrected chi connectivity index (χ1v) is 9.78. The van der Waals surface area contributed by atoms with Gasteiger partial charge in [-0.2, -0.15) is 4.98 Å². The van der Waals surface area contributed by atoms with Crippen LogP contribution in [0.5, 0.6) is 0 Å². The van der Waals surface area contributed by atoms with Gasteiger partial charge in [0.1, 0.15) is 0 Å². The maximum Gasteiger partial charge on any atom is 0.251 e. The molecule has 0 radical (unpaired) electrons. The highest BCUT2D eigenvalue weighted by molar-refractivity contribution is 8.00. The Hall–Kier alpha value is -2.48. The second kappa shape index (κ2) is 7.18. The van der Waals surface area contributed by atoms with Gasteiger partial charge in [-0.25, -0.2) is 8.42 Å². The van der Waals surface area contributed by atoms with Crippen molar-refractivity contribution in [1.82, 2.24) is 15.5 Å². The standard InChI is InChI=1S/C17H19N3O4S/c1-2-15-19-16(24-20-15)8-9-18-17(21)13-6-3-5-12(11-13)14-7-4-10-25(14,22)23/h3,5-7,11H,2,4,8-10H2,1H3,(H,18,21). The summed E-state index contributed by atoms with van der Waals surface area (Å²) in [7, 11) is -3.23. The molecule has 0 saturated carbocycles. The third kappa shape index (κ3) is 3.96. The highest BCUT2D eigenvalue weighted by Crippen LogP contribution is 2.28. The van der Waals surface area contributed by atoms with Gasteiger partial charge in [-0.05, 0) is 24.1 Å². The molecule has 3 rings (SSSR count). The molecule has 8 heteroatoms. The number of carbonyl (C=O) groups is 1. The molecule has 7 nitrogen and oxygen atoms in total. The molecule has 1 aliphatic heterocycles. The maximum atomic E-state index is 12.3. The third-order valence-electron chi connectivity index (χ3n) is 3.91. The fraction of sp³-hybridized carbons (Fsp3) is 0.353. The minimum Gasteiger partial charge on any atom is -0.352 e. The summed E-state index contributed by atoms with van der Waals surface area (Å²) in [6, 6.07) is 6.65. The minimum absolute atomic E-state index is 0.128. The molecule has 132 valence electrons. The van der Waals surface area contributed by atoms with Crippen LogP contribution in [0.15, 0.2) is 34.9 Å². The van der Waals surface area contributed by atoms with E-state index in [4.69, 9.17) is 4.52 Å². The fourth-order valence-electron chi connectivity index (χ4n) is 2.61. The van der Waals surface area contributed by atoms with E-state index in [1.165, 1.54) is 0 Å². The zero-order chi connectivity index (χ0) is 17.9. The lowest BCUT2D eigenvalue weighted by Crippen LogP contribution is -2.25. The topological polar surface area (TPSA) is 102 Å². The summed E-state index contributed by atoms with van der Waals surface area (Å²) < 4.78 is 29.1. The van der Waals surface area contributed by atoms with Crippen molar-refractivity contribution in [2.24, 2.45) is 0 Å². The van der Waals surface area contributed by atoms with Crippen molar-refractivity contribution in [3.8, 4) is 0 Å². The Morgan fingerprint density at radius 2 is 2.20 bits per heavy atom. The summed E-state index contributed by atoms with van der Waals surface area (Å²) in [5, 5.41) is 6.58. The molecule has 0 unspecified atom stereocenters. The van der Waals surface area contributed by atoms with Crippen LogP contribution in [-0.2, 0) is 22.7 Å². The van der Waals surface area contributed by atoms with E-state index in [1.54, 1.807) is 30.3 Å². The Balaban J connectivity index is 1.63. The predicted molar refractivity (Wildman–Crippen MR) is 92.5 cm³/mol. The van der Waals surface area contributed by atoms with E-state index in [0.717, 1.165) is 0 Å². The van der Waals surface area contributed by atoms with Crippen LogP contribution >= 0.6 is 0 Å². The summed E-state index contributed by atoms with van der Waals surface area (Å²) in [5.74, 6) is 0.976. The average molecular weight is 361 g/mol. The molecule has 2 heterocycles. The van der Waals surface area contributed by atoms with Gasteiger partial charge in [-0.3, -0.25) is 4.79 Å². The van der Waals surface area contributed by atoms with Crippen molar-refractivity contribution in [2.75, 3.05) is 12.3 Å². The van der Waals surface area contributed by atoms with E-state index in [2.05, 4.69) is 15.5 Å². The number of allylic oxidation sites excluding steroid dienone is 1. The summed E-state index contributed by atoms with van der Waals surface area (Å²) in [4.78, 5) is 16.8. The highest BCUT2D eigenvalue weighted by Gasteiger charge is 2.24. The first kappa shape index (κ1) is 17.3. The molecule has 0 atom stereocenters. The lowest BCUT2D eigenvalue weighted by Gasteiger charge is -2.07. The molecule has 0 spiro atoms. The van der Waals surface area contributed by atoms with E-state index in [-0.39, 0.29) is 11.7 Å². The smallest absolute Gasteiger partial charge is 0.251 e. The van der Waals surface area contributed by atoms with E-state index in [1.807, 2.05) is 6.92 Å². The maximum absolute atomic E-state index is 12.3. The molecule has 2 aromatic rings. The van der Waals surface area contributed by atoms with Crippen LogP contribution in [0.4, 0.5) is 0 Å². The lowest BCUT2D eigenvalue weighted by molar-refractivity contribution is 0.0953. The van der Waals surface area contributed by atoms with Crippen molar-refractivity contribution < 1.29 is 17.7 Å². The van der Waals surface area contributed by atoms with Crippen molar-refractivity contribution in [3.63, 3.8) is 0 Å². The molecule has 1 aromatic heterocycles. The molecule has 0 bridgehead atoms. The minimum atomic E-state index is -3.23. The Bertz CT molecular complexity index is 915. The van der Waals surface area contributed by atoms with Crippen LogP contribution in [0.1, 0.15) is 41.0 Å². The number of nitrogens with zero attached hydrogens (tertiary/aromatic N) is 2. The van der Waals surface area contributed by atoms with E-state index >= 15 is 0 Å². The van der Waals surface area contributed by atoms with Gasteiger partial charge in [-0.15, -0.1) is 0 Å². The fourth-order valence-corrected chi connectivity index (χ4v) is 4.12. The molecule has 1 N–H and O–H groups in total. The number of hydrogen-bond donors (Lipinski definition) is 1. The number of aromatic nitrogens is 2. The normalized spacial score (nSPS) is 15.8. The zero-order valence-electron chi connectivity index (χ0n) is 13.9. The molecule has 1 aliphatic rings. The molecule has 0 fully saturated rings. The monoisotopic (exact) mass is 361 g/mol. The first-order chi connectivity index (χ1) is 12.0. The van der Waals surface area contributed by atoms with Crippen LogP contribution in [0, 0.1) is 0 Å². The third-order valence-corrected chi connectivity index (χ3v) is 5.76. The SMILES string of the molecule is CCc1noc(CCNC(=O)c2cccc(C3=CCCS3(=O)=O)c2)n1. The van der Waals surface area contributed by atoms with Crippen molar-refractivity contribution >= 4 is 20.6 Å². The van der Waals surface area contributed by atoms with Crippen molar-refractivity contribution in [1.29, 1.82) is 0 Å². The van der Waals surface area contributed by atoms with Gasteiger partial charge in [0.05, 0.1) is 10.7 Å². The average Bonchev–Trinajstić information content (AvgIpc) is 3.20.